The third-order valence-electron chi connectivity index (χ3n) is 2.29. The molecule has 0 heterocycles. The van der Waals surface area contributed by atoms with Gasteiger partial charge in [0.05, 0.1) is 0 Å². The first-order chi connectivity index (χ1) is 7.92. The van der Waals surface area contributed by atoms with Crippen molar-refractivity contribution in [2.45, 2.75) is 51.1 Å². The van der Waals surface area contributed by atoms with Gasteiger partial charge in [0.15, 0.2) is 0 Å². The number of thioether (sulfide) groups is 1. The average Bonchev–Trinajstić information content (AvgIpc) is 2.24. The Kier molecular flexibility index (Phi) is 5.84. The average molecular weight is 272 g/mol. The predicted octanol–water partition coefficient (Wildman–Crippen LogP) is 4.73. The lowest BCUT2D eigenvalue weighted by molar-refractivity contribution is 0.422. The Hall–Kier alpha value is -0.180. The first kappa shape index (κ1) is 14.9. The number of rotatable bonds is 5. The van der Waals surface area contributed by atoms with Crippen LogP contribution >= 0.6 is 23.4 Å². The fraction of sp³-hybridized carbons (Fsp3) is 0.571. The molecule has 1 aromatic carbocycles. The highest BCUT2D eigenvalue weighted by molar-refractivity contribution is 7.99. The van der Waals surface area contributed by atoms with Crippen LogP contribution in [0.4, 0.5) is 0 Å². The maximum Gasteiger partial charge on any atom is 0.0410 e. The van der Waals surface area contributed by atoms with Crippen molar-refractivity contribution in [2.75, 3.05) is 5.75 Å². The Morgan fingerprint density at radius 2 is 2.00 bits per heavy atom. The molecule has 0 atom stereocenters. The summed E-state index contributed by atoms with van der Waals surface area (Å²) >= 11 is 7.97. The van der Waals surface area contributed by atoms with Crippen LogP contribution in [0.15, 0.2) is 23.1 Å². The summed E-state index contributed by atoms with van der Waals surface area (Å²) in [5.74, 6) is 1.16. The van der Waals surface area contributed by atoms with Crippen LogP contribution in [0.5, 0.6) is 0 Å². The number of nitrogens with one attached hydrogen (secondary N) is 1. The normalized spacial score (nSPS) is 11.8. The Balaban J connectivity index is 2.76. The highest BCUT2D eigenvalue weighted by Gasteiger charge is 2.10. The first-order valence-corrected chi connectivity index (χ1v) is 7.45. The Morgan fingerprint density at radius 1 is 1.29 bits per heavy atom. The van der Waals surface area contributed by atoms with E-state index in [1.54, 1.807) is 0 Å². The van der Waals surface area contributed by atoms with Crippen LogP contribution in [-0.2, 0) is 6.54 Å². The lowest BCUT2D eigenvalue weighted by Gasteiger charge is -2.21. The van der Waals surface area contributed by atoms with Crippen molar-refractivity contribution >= 4 is 23.4 Å². The van der Waals surface area contributed by atoms with Crippen molar-refractivity contribution in [3.8, 4) is 0 Å². The molecule has 0 aliphatic rings. The molecule has 0 aliphatic heterocycles. The maximum atomic E-state index is 6.06. The quantitative estimate of drug-likeness (QED) is 0.777. The second kappa shape index (κ2) is 6.67. The Labute approximate surface area is 114 Å². The van der Waals surface area contributed by atoms with E-state index in [-0.39, 0.29) is 5.54 Å². The van der Waals surface area contributed by atoms with Crippen molar-refractivity contribution in [3.63, 3.8) is 0 Å². The zero-order chi connectivity index (χ0) is 12.9. The molecule has 1 aromatic rings. The van der Waals surface area contributed by atoms with E-state index in [1.807, 2.05) is 17.8 Å². The zero-order valence-corrected chi connectivity index (χ0v) is 12.7. The van der Waals surface area contributed by atoms with Crippen molar-refractivity contribution in [1.82, 2.24) is 5.32 Å². The minimum absolute atomic E-state index is 0.134. The molecule has 0 bridgehead atoms. The third-order valence-corrected chi connectivity index (χ3v) is 3.85. The van der Waals surface area contributed by atoms with Gasteiger partial charge in [-0.05, 0) is 56.7 Å². The standard InChI is InChI=1S/C14H22ClNS/c1-5-8-17-13-7-6-12(15)9-11(13)10-16-14(2,3)4/h6-7,9,16H,5,8,10H2,1-4H3. The molecule has 1 nitrogen and oxygen atoms in total. The van der Waals surface area contributed by atoms with Crippen molar-refractivity contribution in [2.24, 2.45) is 0 Å². The number of hydrogen-bond acceptors (Lipinski definition) is 2. The van der Waals surface area contributed by atoms with Gasteiger partial charge in [0.1, 0.15) is 0 Å². The zero-order valence-electron chi connectivity index (χ0n) is 11.1. The van der Waals surface area contributed by atoms with Gasteiger partial charge < -0.3 is 5.32 Å². The highest BCUT2D eigenvalue weighted by Crippen LogP contribution is 2.26. The number of halogens is 1. The van der Waals surface area contributed by atoms with E-state index in [0.29, 0.717) is 0 Å². The van der Waals surface area contributed by atoms with Crippen LogP contribution in [-0.4, -0.2) is 11.3 Å². The van der Waals surface area contributed by atoms with Gasteiger partial charge in [-0.2, -0.15) is 0 Å². The summed E-state index contributed by atoms with van der Waals surface area (Å²) in [6, 6.07) is 6.17. The van der Waals surface area contributed by atoms with Gasteiger partial charge in [-0.15, -0.1) is 11.8 Å². The van der Waals surface area contributed by atoms with Gasteiger partial charge in [0, 0.05) is 22.0 Å². The van der Waals surface area contributed by atoms with Gasteiger partial charge in [0.25, 0.3) is 0 Å². The summed E-state index contributed by atoms with van der Waals surface area (Å²) in [5, 5.41) is 4.33. The van der Waals surface area contributed by atoms with Gasteiger partial charge in [0.2, 0.25) is 0 Å². The summed E-state index contributed by atoms with van der Waals surface area (Å²) < 4.78 is 0. The molecule has 0 saturated heterocycles. The lowest BCUT2D eigenvalue weighted by atomic mass is 10.1. The second-order valence-corrected chi connectivity index (χ2v) is 6.78. The smallest absolute Gasteiger partial charge is 0.0410 e. The fourth-order valence-corrected chi connectivity index (χ4v) is 2.50. The molecular weight excluding hydrogens is 250 g/mol. The highest BCUT2D eigenvalue weighted by atomic mass is 35.5. The molecule has 0 unspecified atom stereocenters. The van der Waals surface area contributed by atoms with Gasteiger partial charge in [-0.3, -0.25) is 0 Å². The van der Waals surface area contributed by atoms with E-state index in [4.69, 9.17) is 11.6 Å². The molecule has 1 N–H and O–H groups in total. The third kappa shape index (κ3) is 5.80. The van der Waals surface area contributed by atoms with E-state index >= 15 is 0 Å². The predicted molar refractivity (Wildman–Crippen MR) is 79.1 cm³/mol. The van der Waals surface area contributed by atoms with Crippen LogP contribution in [0.1, 0.15) is 39.7 Å². The van der Waals surface area contributed by atoms with Crippen LogP contribution < -0.4 is 5.32 Å². The fourth-order valence-electron chi connectivity index (χ4n) is 1.40. The number of benzene rings is 1. The molecule has 0 amide bonds. The molecule has 1 rings (SSSR count). The molecule has 96 valence electrons. The SMILES string of the molecule is CCCSc1ccc(Cl)cc1CNC(C)(C)C. The maximum absolute atomic E-state index is 6.06. The molecule has 0 aromatic heterocycles. The molecule has 0 saturated carbocycles. The monoisotopic (exact) mass is 271 g/mol. The van der Waals surface area contributed by atoms with E-state index in [1.165, 1.54) is 16.9 Å². The molecule has 0 radical (unpaired) electrons. The van der Waals surface area contributed by atoms with Crippen molar-refractivity contribution in [3.05, 3.63) is 28.8 Å². The topological polar surface area (TPSA) is 12.0 Å². The summed E-state index contributed by atoms with van der Waals surface area (Å²) in [4.78, 5) is 1.34. The summed E-state index contributed by atoms with van der Waals surface area (Å²) in [7, 11) is 0. The summed E-state index contributed by atoms with van der Waals surface area (Å²) in [6.07, 6.45) is 1.19. The minimum atomic E-state index is 0.134. The molecule has 0 spiro atoms. The van der Waals surface area contributed by atoms with Gasteiger partial charge in [-0.25, -0.2) is 0 Å². The van der Waals surface area contributed by atoms with Crippen molar-refractivity contribution < 1.29 is 0 Å². The molecule has 17 heavy (non-hydrogen) atoms. The summed E-state index contributed by atoms with van der Waals surface area (Å²) in [5.41, 5.74) is 1.43. The Morgan fingerprint density at radius 3 is 2.59 bits per heavy atom. The molecule has 3 heteroatoms. The lowest BCUT2D eigenvalue weighted by Crippen LogP contribution is -2.35. The van der Waals surface area contributed by atoms with E-state index in [2.05, 4.69) is 45.1 Å². The minimum Gasteiger partial charge on any atom is -0.308 e. The van der Waals surface area contributed by atoms with Crippen molar-refractivity contribution in [1.29, 1.82) is 0 Å². The van der Waals surface area contributed by atoms with Gasteiger partial charge in [-0.1, -0.05) is 18.5 Å². The van der Waals surface area contributed by atoms with Crippen LogP contribution in [0.2, 0.25) is 5.02 Å². The largest absolute Gasteiger partial charge is 0.308 e. The molecular formula is C14H22ClNS. The molecule has 0 fully saturated rings. The van der Waals surface area contributed by atoms with Crippen LogP contribution in [0.25, 0.3) is 0 Å². The number of hydrogen-bond donors (Lipinski definition) is 1. The first-order valence-electron chi connectivity index (χ1n) is 6.08. The van der Waals surface area contributed by atoms with Crippen LogP contribution in [0, 0.1) is 0 Å². The Bertz CT molecular complexity index is 358. The molecule has 0 aliphatic carbocycles. The summed E-state index contributed by atoms with van der Waals surface area (Å²) in [6.45, 7) is 9.61. The van der Waals surface area contributed by atoms with Gasteiger partial charge >= 0.3 is 0 Å². The van der Waals surface area contributed by atoms with E-state index in [0.717, 1.165) is 17.3 Å². The second-order valence-electron chi connectivity index (χ2n) is 5.20. The van der Waals surface area contributed by atoms with Crippen LogP contribution in [0.3, 0.4) is 0 Å². The van der Waals surface area contributed by atoms with E-state index in [9.17, 15) is 0 Å². The van der Waals surface area contributed by atoms with E-state index < -0.39 is 0 Å².